The Bertz CT molecular complexity index is 549. The van der Waals surface area contributed by atoms with Gasteiger partial charge in [-0.25, -0.2) is 4.79 Å². The molecule has 8 heteroatoms. The van der Waals surface area contributed by atoms with E-state index in [1.165, 1.54) is 12.1 Å². The van der Waals surface area contributed by atoms with Crippen LogP contribution in [0.15, 0.2) is 12.1 Å². The SMILES string of the molecule is Nc1ccc2c(c1C(=O)O)OS(=O)(=O)O2. The van der Waals surface area contributed by atoms with E-state index in [1.54, 1.807) is 0 Å². The Hall–Kier alpha value is -1.96. The van der Waals surface area contributed by atoms with Crippen LogP contribution in [0.4, 0.5) is 5.69 Å². The number of hydrogen-bond acceptors (Lipinski definition) is 6. The summed E-state index contributed by atoms with van der Waals surface area (Å²) in [5.41, 5.74) is 4.85. The normalized spacial score (nSPS) is 16.3. The fourth-order valence-electron chi connectivity index (χ4n) is 1.18. The molecule has 1 heterocycles. The molecule has 1 aromatic carbocycles. The van der Waals surface area contributed by atoms with Gasteiger partial charge >= 0.3 is 16.4 Å². The maximum atomic E-state index is 10.9. The number of fused-ring (bicyclic) bond motifs is 1. The highest BCUT2D eigenvalue weighted by Crippen LogP contribution is 2.41. The summed E-state index contributed by atoms with van der Waals surface area (Å²) in [7, 11) is -4.20. The average molecular weight is 231 g/mol. The van der Waals surface area contributed by atoms with Gasteiger partial charge in [0.25, 0.3) is 0 Å². The molecule has 0 fully saturated rings. The molecule has 0 aromatic heterocycles. The van der Waals surface area contributed by atoms with E-state index in [0.29, 0.717) is 0 Å². The Morgan fingerprint density at radius 2 is 2.00 bits per heavy atom. The smallest absolute Gasteiger partial charge is 0.477 e. The number of benzene rings is 1. The number of nitrogens with two attached hydrogens (primary N) is 1. The van der Waals surface area contributed by atoms with E-state index >= 15 is 0 Å². The van der Waals surface area contributed by atoms with Crippen molar-refractivity contribution in [2.24, 2.45) is 0 Å². The molecule has 0 bridgehead atoms. The van der Waals surface area contributed by atoms with Crippen molar-refractivity contribution in [1.29, 1.82) is 0 Å². The van der Waals surface area contributed by atoms with E-state index in [9.17, 15) is 13.2 Å². The van der Waals surface area contributed by atoms with Crippen molar-refractivity contribution in [1.82, 2.24) is 0 Å². The van der Waals surface area contributed by atoms with Crippen LogP contribution in [0, 0.1) is 0 Å². The molecular weight excluding hydrogens is 226 g/mol. The lowest BCUT2D eigenvalue weighted by Crippen LogP contribution is -2.09. The molecule has 80 valence electrons. The predicted octanol–water partition coefficient (Wildman–Crippen LogP) is -0.0170. The van der Waals surface area contributed by atoms with Crippen LogP contribution in [0.1, 0.15) is 10.4 Å². The van der Waals surface area contributed by atoms with Crippen molar-refractivity contribution in [3.8, 4) is 11.5 Å². The summed E-state index contributed by atoms with van der Waals surface area (Å²) < 4.78 is 30.5. The molecule has 0 saturated carbocycles. The molecule has 7 nitrogen and oxygen atoms in total. The molecule has 1 aliphatic rings. The fraction of sp³-hybridized carbons (Fsp3) is 0. The summed E-state index contributed by atoms with van der Waals surface area (Å²) in [5.74, 6) is -1.95. The van der Waals surface area contributed by atoms with Gasteiger partial charge in [-0.2, -0.15) is 0 Å². The first kappa shape index (κ1) is 9.59. The van der Waals surface area contributed by atoms with E-state index in [0.717, 1.165) is 0 Å². The topological polar surface area (TPSA) is 116 Å². The van der Waals surface area contributed by atoms with Crippen LogP contribution in [0.3, 0.4) is 0 Å². The first-order valence-electron chi connectivity index (χ1n) is 3.70. The molecule has 3 N–H and O–H groups in total. The highest BCUT2D eigenvalue weighted by molar-refractivity contribution is 7.82. The van der Waals surface area contributed by atoms with Crippen LogP contribution < -0.4 is 14.1 Å². The highest BCUT2D eigenvalue weighted by Gasteiger charge is 2.34. The van der Waals surface area contributed by atoms with Crippen LogP contribution in [0.5, 0.6) is 11.5 Å². The summed E-state index contributed by atoms with van der Waals surface area (Å²) in [5, 5.41) is 8.79. The van der Waals surface area contributed by atoms with Gasteiger partial charge in [-0.15, -0.1) is 8.42 Å². The number of rotatable bonds is 1. The Morgan fingerprint density at radius 1 is 1.33 bits per heavy atom. The molecule has 0 aliphatic carbocycles. The number of carboxylic acids is 1. The molecule has 15 heavy (non-hydrogen) atoms. The Labute approximate surface area is 84.4 Å². The number of carboxylic acid groups (broad SMARTS) is 1. The maximum absolute atomic E-state index is 10.9. The van der Waals surface area contributed by atoms with Crippen molar-refractivity contribution in [2.45, 2.75) is 0 Å². The van der Waals surface area contributed by atoms with Crippen LogP contribution in [0.25, 0.3) is 0 Å². The molecule has 2 rings (SSSR count). The lowest BCUT2D eigenvalue weighted by atomic mass is 10.1. The minimum Gasteiger partial charge on any atom is -0.477 e. The lowest BCUT2D eigenvalue weighted by Gasteiger charge is -2.02. The van der Waals surface area contributed by atoms with Crippen LogP contribution >= 0.6 is 0 Å². The molecular formula is C7H5NO6S. The second-order valence-electron chi connectivity index (χ2n) is 2.74. The number of aromatic carboxylic acids is 1. The first-order chi connectivity index (χ1) is 6.91. The summed E-state index contributed by atoms with van der Waals surface area (Å²) in [4.78, 5) is 10.8. The van der Waals surface area contributed by atoms with Gasteiger partial charge < -0.3 is 19.2 Å². The largest absolute Gasteiger partial charge is 0.501 e. The Morgan fingerprint density at radius 3 is 2.60 bits per heavy atom. The molecule has 1 aliphatic heterocycles. The third-order valence-electron chi connectivity index (χ3n) is 1.74. The average Bonchev–Trinajstić information content (AvgIpc) is 2.37. The fourth-order valence-corrected chi connectivity index (χ4v) is 1.93. The van der Waals surface area contributed by atoms with Crippen molar-refractivity contribution in [2.75, 3.05) is 5.73 Å². The van der Waals surface area contributed by atoms with Gasteiger partial charge in [0.1, 0.15) is 5.56 Å². The summed E-state index contributed by atoms with van der Waals surface area (Å²) in [6, 6.07) is 2.45. The number of anilines is 1. The van der Waals surface area contributed by atoms with Gasteiger partial charge in [0.15, 0.2) is 5.75 Å². The maximum Gasteiger partial charge on any atom is 0.501 e. The van der Waals surface area contributed by atoms with Gasteiger partial charge in [0.05, 0.1) is 5.69 Å². The zero-order valence-corrected chi connectivity index (χ0v) is 7.95. The van der Waals surface area contributed by atoms with Crippen LogP contribution in [-0.4, -0.2) is 19.5 Å². The predicted molar refractivity (Wildman–Crippen MR) is 48.0 cm³/mol. The highest BCUT2D eigenvalue weighted by atomic mass is 32.3. The van der Waals surface area contributed by atoms with E-state index < -0.39 is 21.9 Å². The quantitative estimate of drug-likeness (QED) is 0.652. The second-order valence-corrected chi connectivity index (χ2v) is 3.89. The monoisotopic (exact) mass is 231 g/mol. The van der Waals surface area contributed by atoms with Gasteiger partial charge in [-0.1, -0.05) is 0 Å². The van der Waals surface area contributed by atoms with Gasteiger partial charge in [0, 0.05) is 0 Å². The van der Waals surface area contributed by atoms with E-state index in [2.05, 4.69) is 8.37 Å². The van der Waals surface area contributed by atoms with E-state index in [-0.39, 0.29) is 17.2 Å². The van der Waals surface area contributed by atoms with Gasteiger partial charge in [-0.3, -0.25) is 0 Å². The standard InChI is InChI=1S/C7H5NO6S/c8-3-1-2-4-6(5(3)7(9)10)14-15(11,12)13-4/h1-2H,8H2,(H,9,10). The minimum atomic E-state index is -4.20. The van der Waals surface area contributed by atoms with Gasteiger partial charge in [-0.05, 0) is 12.1 Å². The molecule has 0 unspecified atom stereocenters. The minimum absolute atomic E-state index is 0.0954. The summed E-state index contributed by atoms with van der Waals surface area (Å²) >= 11 is 0. The summed E-state index contributed by atoms with van der Waals surface area (Å²) in [6.07, 6.45) is 0. The van der Waals surface area contributed by atoms with Crippen molar-refractivity contribution >= 4 is 22.1 Å². The zero-order valence-electron chi connectivity index (χ0n) is 7.13. The number of carbonyl (C=O) groups is 1. The van der Waals surface area contributed by atoms with E-state index in [4.69, 9.17) is 10.8 Å². The second kappa shape index (κ2) is 2.76. The van der Waals surface area contributed by atoms with Crippen LogP contribution in [-0.2, 0) is 10.4 Å². The summed E-state index contributed by atoms with van der Waals surface area (Å²) in [6.45, 7) is 0. The molecule has 0 radical (unpaired) electrons. The van der Waals surface area contributed by atoms with Gasteiger partial charge in [0.2, 0.25) is 5.75 Å². The first-order valence-corrected chi connectivity index (χ1v) is 5.04. The van der Waals surface area contributed by atoms with E-state index in [1.807, 2.05) is 0 Å². The lowest BCUT2D eigenvalue weighted by molar-refractivity contribution is 0.0696. The number of hydrogen-bond donors (Lipinski definition) is 2. The molecule has 0 atom stereocenters. The molecule has 0 saturated heterocycles. The molecule has 0 amide bonds. The molecule has 1 aromatic rings. The van der Waals surface area contributed by atoms with Crippen molar-refractivity contribution < 1.29 is 26.7 Å². The van der Waals surface area contributed by atoms with Crippen molar-refractivity contribution in [3.05, 3.63) is 17.7 Å². The number of nitrogen functional groups attached to an aromatic ring is 1. The third-order valence-corrected chi connectivity index (χ3v) is 2.50. The molecule has 0 spiro atoms. The zero-order chi connectivity index (χ0) is 11.2. The van der Waals surface area contributed by atoms with Crippen LogP contribution in [0.2, 0.25) is 0 Å². The Kier molecular flexibility index (Phi) is 1.77. The van der Waals surface area contributed by atoms with Crippen molar-refractivity contribution in [3.63, 3.8) is 0 Å². The third kappa shape index (κ3) is 1.44. The Balaban J connectivity index is 2.70.